The van der Waals surface area contributed by atoms with Gasteiger partial charge >= 0.3 is 0 Å². The fraction of sp³-hybridized carbons (Fsp3) is 0.500. The molecule has 0 aromatic heterocycles. The molecule has 4 heteroatoms. The zero-order valence-electron chi connectivity index (χ0n) is 9.74. The number of hydrogen-bond acceptors (Lipinski definition) is 3. The van der Waals surface area contributed by atoms with E-state index < -0.39 is 0 Å². The van der Waals surface area contributed by atoms with Crippen molar-refractivity contribution in [1.82, 2.24) is 0 Å². The first kappa shape index (κ1) is 13.3. The summed E-state index contributed by atoms with van der Waals surface area (Å²) in [5.41, 5.74) is 12.7. The molecule has 0 amide bonds. The largest absolute Gasteiger partial charge is 0.495 e. The standard InChI is InChI=1S/C12H19ClN2O/c1-8(7-14)5-11(15)9-3-4-12(16-2)10(13)6-9/h3-4,6,8,11H,5,7,14-15H2,1-2H3. The maximum Gasteiger partial charge on any atom is 0.137 e. The average Bonchev–Trinajstić information content (AvgIpc) is 2.28. The molecule has 0 saturated carbocycles. The third kappa shape index (κ3) is 3.37. The van der Waals surface area contributed by atoms with Crippen LogP contribution in [0.2, 0.25) is 5.02 Å². The van der Waals surface area contributed by atoms with Crippen molar-refractivity contribution in [3.8, 4) is 5.75 Å². The first-order valence-corrected chi connectivity index (χ1v) is 5.75. The van der Waals surface area contributed by atoms with Crippen LogP contribution in [-0.4, -0.2) is 13.7 Å². The molecule has 1 rings (SSSR count). The van der Waals surface area contributed by atoms with Crippen LogP contribution in [0.1, 0.15) is 24.9 Å². The van der Waals surface area contributed by atoms with Crippen LogP contribution < -0.4 is 16.2 Å². The van der Waals surface area contributed by atoms with Gasteiger partial charge in [0.1, 0.15) is 5.75 Å². The van der Waals surface area contributed by atoms with Gasteiger partial charge in [0.2, 0.25) is 0 Å². The molecule has 0 aliphatic rings. The molecule has 2 unspecified atom stereocenters. The highest BCUT2D eigenvalue weighted by Crippen LogP contribution is 2.28. The minimum absolute atomic E-state index is 0.0260. The molecule has 1 aromatic carbocycles. The van der Waals surface area contributed by atoms with Crippen LogP contribution in [0.4, 0.5) is 0 Å². The van der Waals surface area contributed by atoms with E-state index >= 15 is 0 Å². The van der Waals surface area contributed by atoms with Gasteiger partial charge in [-0.15, -0.1) is 0 Å². The second-order valence-corrected chi connectivity index (χ2v) is 4.48. The molecule has 1 aromatic rings. The van der Waals surface area contributed by atoms with Crippen molar-refractivity contribution in [1.29, 1.82) is 0 Å². The molecular weight excluding hydrogens is 224 g/mol. The number of benzene rings is 1. The Morgan fingerprint density at radius 3 is 2.62 bits per heavy atom. The summed E-state index contributed by atoms with van der Waals surface area (Å²) in [6.07, 6.45) is 0.860. The first-order chi connectivity index (χ1) is 7.58. The van der Waals surface area contributed by atoms with Crippen molar-refractivity contribution in [2.24, 2.45) is 17.4 Å². The fourth-order valence-corrected chi connectivity index (χ4v) is 1.85. The van der Waals surface area contributed by atoms with Gasteiger partial charge in [-0.05, 0) is 36.6 Å². The lowest BCUT2D eigenvalue weighted by atomic mass is 9.97. The van der Waals surface area contributed by atoms with E-state index in [2.05, 4.69) is 6.92 Å². The van der Waals surface area contributed by atoms with Gasteiger partial charge in [-0.2, -0.15) is 0 Å². The quantitative estimate of drug-likeness (QED) is 0.833. The molecule has 0 aliphatic heterocycles. The van der Waals surface area contributed by atoms with Gasteiger partial charge in [-0.25, -0.2) is 0 Å². The maximum absolute atomic E-state index is 6.08. The van der Waals surface area contributed by atoms with Crippen LogP contribution >= 0.6 is 11.6 Å². The SMILES string of the molecule is COc1ccc(C(N)CC(C)CN)cc1Cl. The predicted molar refractivity (Wildman–Crippen MR) is 67.8 cm³/mol. The van der Waals surface area contributed by atoms with Crippen LogP contribution in [0.15, 0.2) is 18.2 Å². The molecule has 0 fully saturated rings. The summed E-state index contributed by atoms with van der Waals surface area (Å²) in [5, 5.41) is 0.593. The first-order valence-electron chi connectivity index (χ1n) is 5.37. The predicted octanol–water partition coefficient (Wildman–Crippen LogP) is 2.33. The lowest BCUT2D eigenvalue weighted by Gasteiger charge is -2.17. The van der Waals surface area contributed by atoms with E-state index in [-0.39, 0.29) is 6.04 Å². The Labute approximate surface area is 102 Å². The molecule has 3 nitrogen and oxygen atoms in total. The van der Waals surface area contributed by atoms with Crippen molar-refractivity contribution in [2.75, 3.05) is 13.7 Å². The van der Waals surface area contributed by atoms with Crippen LogP contribution in [0.3, 0.4) is 0 Å². The molecule has 90 valence electrons. The zero-order chi connectivity index (χ0) is 12.1. The van der Waals surface area contributed by atoms with E-state index in [1.54, 1.807) is 7.11 Å². The molecule has 0 aliphatic carbocycles. The molecule has 0 saturated heterocycles. The lowest BCUT2D eigenvalue weighted by Crippen LogP contribution is -2.19. The summed E-state index contributed by atoms with van der Waals surface area (Å²) in [4.78, 5) is 0. The minimum Gasteiger partial charge on any atom is -0.495 e. The monoisotopic (exact) mass is 242 g/mol. The second kappa shape index (κ2) is 6.09. The second-order valence-electron chi connectivity index (χ2n) is 4.08. The van der Waals surface area contributed by atoms with E-state index in [4.69, 9.17) is 27.8 Å². The number of halogens is 1. The molecule has 4 N–H and O–H groups in total. The van der Waals surface area contributed by atoms with Crippen LogP contribution in [0.5, 0.6) is 5.75 Å². The van der Waals surface area contributed by atoms with E-state index in [0.29, 0.717) is 23.2 Å². The van der Waals surface area contributed by atoms with Gasteiger partial charge in [-0.3, -0.25) is 0 Å². The Balaban J connectivity index is 2.76. The third-order valence-electron chi connectivity index (χ3n) is 2.66. The maximum atomic E-state index is 6.08. The Bertz CT molecular complexity index is 344. The Morgan fingerprint density at radius 2 is 2.12 bits per heavy atom. The van der Waals surface area contributed by atoms with Gasteiger partial charge in [0, 0.05) is 6.04 Å². The summed E-state index contributed by atoms with van der Waals surface area (Å²) in [7, 11) is 1.59. The number of nitrogens with two attached hydrogens (primary N) is 2. The highest BCUT2D eigenvalue weighted by molar-refractivity contribution is 6.32. The van der Waals surface area contributed by atoms with Gasteiger partial charge < -0.3 is 16.2 Å². The summed E-state index contributed by atoms with van der Waals surface area (Å²) in [5.74, 6) is 1.08. The summed E-state index contributed by atoms with van der Waals surface area (Å²) in [6.45, 7) is 2.74. The van der Waals surface area contributed by atoms with E-state index in [1.807, 2.05) is 18.2 Å². The molecular formula is C12H19ClN2O. The van der Waals surface area contributed by atoms with Crippen molar-refractivity contribution >= 4 is 11.6 Å². The van der Waals surface area contributed by atoms with Crippen molar-refractivity contribution < 1.29 is 4.74 Å². The number of rotatable bonds is 5. The van der Waals surface area contributed by atoms with Crippen LogP contribution in [0.25, 0.3) is 0 Å². The highest BCUT2D eigenvalue weighted by Gasteiger charge is 2.12. The minimum atomic E-state index is -0.0260. The molecule has 16 heavy (non-hydrogen) atoms. The highest BCUT2D eigenvalue weighted by atomic mass is 35.5. The van der Waals surface area contributed by atoms with E-state index in [0.717, 1.165) is 12.0 Å². The van der Waals surface area contributed by atoms with Gasteiger partial charge in [0.15, 0.2) is 0 Å². The van der Waals surface area contributed by atoms with Crippen LogP contribution in [-0.2, 0) is 0 Å². The average molecular weight is 243 g/mol. The van der Waals surface area contributed by atoms with E-state index in [9.17, 15) is 0 Å². The fourth-order valence-electron chi connectivity index (χ4n) is 1.58. The molecule has 0 heterocycles. The smallest absolute Gasteiger partial charge is 0.137 e. The topological polar surface area (TPSA) is 61.3 Å². The molecule has 2 atom stereocenters. The number of hydrogen-bond donors (Lipinski definition) is 2. The van der Waals surface area contributed by atoms with Gasteiger partial charge in [-0.1, -0.05) is 24.6 Å². The van der Waals surface area contributed by atoms with Crippen molar-refractivity contribution in [2.45, 2.75) is 19.4 Å². The Morgan fingerprint density at radius 1 is 1.44 bits per heavy atom. The van der Waals surface area contributed by atoms with Crippen molar-refractivity contribution in [3.63, 3.8) is 0 Å². The molecule has 0 bridgehead atoms. The molecule has 0 radical (unpaired) electrons. The lowest BCUT2D eigenvalue weighted by molar-refractivity contribution is 0.414. The van der Waals surface area contributed by atoms with Gasteiger partial charge in [0.05, 0.1) is 12.1 Å². The summed E-state index contributed by atoms with van der Waals surface area (Å²) in [6, 6.07) is 5.61. The van der Waals surface area contributed by atoms with E-state index in [1.165, 1.54) is 0 Å². The van der Waals surface area contributed by atoms with Gasteiger partial charge in [0.25, 0.3) is 0 Å². The number of ether oxygens (including phenoxy) is 1. The summed E-state index contributed by atoms with van der Waals surface area (Å²) < 4.78 is 5.09. The summed E-state index contributed by atoms with van der Waals surface area (Å²) >= 11 is 6.04. The third-order valence-corrected chi connectivity index (χ3v) is 2.96. The zero-order valence-corrected chi connectivity index (χ0v) is 10.5. The van der Waals surface area contributed by atoms with Crippen LogP contribution in [0, 0.1) is 5.92 Å². The van der Waals surface area contributed by atoms with Crippen molar-refractivity contribution in [3.05, 3.63) is 28.8 Å². The Kier molecular flexibility index (Phi) is 5.06. The number of methoxy groups -OCH3 is 1. The normalized spacial score (nSPS) is 14.6. The molecule has 0 spiro atoms. The Hall–Kier alpha value is -0.770.